The highest BCUT2D eigenvalue weighted by Gasteiger charge is 2.34. The van der Waals surface area contributed by atoms with E-state index in [1.165, 1.54) is 0 Å². The Hall–Kier alpha value is -2.83. The summed E-state index contributed by atoms with van der Waals surface area (Å²) in [4.78, 5) is 27.3. The fourth-order valence-electron chi connectivity index (χ4n) is 3.83. The number of ether oxygens (including phenoxy) is 1. The van der Waals surface area contributed by atoms with E-state index in [0.29, 0.717) is 31.8 Å². The Bertz CT molecular complexity index is 832. The third-order valence-electron chi connectivity index (χ3n) is 5.21. The van der Waals surface area contributed by atoms with E-state index in [1.807, 2.05) is 44.3 Å². The van der Waals surface area contributed by atoms with Crippen molar-refractivity contribution in [2.24, 2.45) is 7.05 Å². The van der Waals surface area contributed by atoms with E-state index in [-0.39, 0.29) is 11.8 Å². The van der Waals surface area contributed by atoms with Crippen molar-refractivity contribution in [1.29, 1.82) is 0 Å². The lowest BCUT2D eigenvalue weighted by molar-refractivity contribution is -0.138. The van der Waals surface area contributed by atoms with Gasteiger partial charge in [-0.05, 0) is 24.8 Å². The minimum atomic E-state index is -0.413. The van der Waals surface area contributed by atoms with E-state index in [0.717, 1.165) is 29.7 Å². The molecule has 0 radical (unpaired) electrons. The molecule has 7 nitrogen and oxygen atoms in total. The third kappa shape index (κ3) is 4.18. The fraction of sp³-hybridized carbons (Fsp3) is 0.476. The highest BCUT2D eigenvalue weighted by molar-refractivity contribution is 5.89. The molecule has 1 aromatic carbocycles. The number of hydrogen-bond acceptors (Lipinski definition) is 4. The summed E-state index contributed by atoms with van der Waals surface area (Å²) in [7, 11) is 3.42. The summed E-state index contributed by atoms with van der Waals surface area (Å²) in [6.07, 6.45) is 2.61. The molecule has 1 aliphatic rings. The molecule has 1 atom stereocenters. The van der Waals surface area contributed by atoms with Crippen molar-refractivity contribution >= 4 is 11.8 Å². The first-order valence-electron chi connectivity index (χ1n) is 9.75. The zero-order chi connectivity index (χ0) is 20.1. The van der Waals surface area contributed by atoms with Gasteiger partial charge in [-0.25, -0.2) is 4.68 Å². The molecule has 0 spiro atoms. The first-order chi connectivity index (χ1) is 13.5. The number of amides is 2. The van der Waals surface area contributed by atoms with Crippen LogP contribution in [0.15, 0.2) is 30.3 Å². The van der Waals surface area contributed by atoms with Gasteiger partial charge in [0.05, 0.1) is 31.3 Å². The van der Waals surface area contributed by atoms with E-state index < -0.39 is 6.04 Å². The van der Waals surface area contributed by atoms with Crippen LogP contribution in [0.5, 0.6) is 5.88 Å². The zero-order valence-electron chi connectivity index (χ0n) is 16.8. The minimum Gasteiger partial charge on any atom is -0.481 e. The first-order valence-corrected chi connectivity index (χ1v) is 9.75. The average Bonchev–Trinajstić information content (AvgIpc) is 3.31. The van der Waals surface area contributed by atoms with Crippen LogP contribution in [-0.4, -0.2) is 46.2 Å². The number of nitrogens with one attached hydrogen (secondary N) is 1. The predicted molar refractivity (Wildman–Crippen MR) is 106 cm³/mol. The topological polar surface area (TPSA) is 76.5 Å². The molecule has 28 heavy (non-hydrogen) atoms. The van der Waals surface area contributed by atoms with E-state index in [1.54, 1.807) is 16.7 Å². The number of methoxy groups -OCH3 is 1. The van der Waals surface area contributed by atoms with Crippen LogP contribution in [-0.2, 0) is 36.0 Å². The molecule has 1 N–H and O–H groups in total. The number of aromatic nitrogens is 2. The number of carbonyl (C=O) groups is 2. The summed E-state index contributed by atoms with van der Waals surface area (Å²) in [5.74, 6) is 0.532. The van der Waals surface area contributed by atoms with Crippen LogP contribution in [0.3, 0.4) is 0 Å². The number of hydrogen-bond donors (Lipinski definition) is 1. The van der Waals surface area contributed by atoms with Crippen LogP contribution >= 0.6 is 0 Å². The number of likely N-dealkylation sites (tertiary alicyclic amines) is 1. The lowest BCUT2D eigenvalue weighted by atomic mass is 10.1. The first kappa shape index (κ1) is 19.9. The standard InChI is InChI=1S/C21H28N4O3/c1-4-17-16(21(28-3)24(2)23-17)14-22-20(27)18-11-8-12-25(18)19(26)13-15-9-6-5-7-10-15/h5-7,9-10,18H,4,8,11-14H2,1-3H3,(H,22,27). The Morgan fingerprint density at radius 3 is 2.71 bits per heavy atom. The van der Waals surface area contributed by atoms with Crippen LogP contribution in [0, 0.1) is 0 Å². The van der Waals surface area contributed by atoms with E-state index in [4.69, 9.17) is 4.74 Å². The Morgan fingerprint density at radius 1 is 1.29 bits per heavy atom. The quantitative estimate of drug-likeness (QED) is 0.790. The van der Waals surface area contributed by atoms with Crippen molar-refractivity contribution in [2.75, 3.05) is 13.7 Å². The summed E-state index contributed by atoms with van der Waals surface area (Å²) in [5, 5.41) is 7.43. The van der Waals surface area contributed by atoms with Crippen LogP contribution < -0.4 is 10.1 Å². The second kappa shape index (κ2) is 8.91. The molecule has 2 aromatic rings. The van der Waals surface area contributed by atoms with Gasteiger partial charge in [-0.3, -0.25) is 9.59 Å². The van der Waals surface area contributed by atoms with Crippen LogP contribution in [0.25, 0.3) is 0 Å². The summed E-state index contributed by atoms with van der Waals surface area (Å²) < 4.78 is 7.11. The molecule has 1 unspecified atom stereocenters. The molecule has 1 saturated heterocycles. The average molecular weight is 384 g/mol. The van der Waals surface area contributed by atoms with Gasteiger partial charge in [-0.1, -0.05) is 37.3 Å². The van der Waals surface area contributed by atoms with Gasteiger partial charge in [-0.2, -0.15) is 5.10 Å². The van der Waals surface area contributed by atoms with Gasteiger partial charge in [0.25, 0.3) is 0 Å². The number of carbonyl (C=O) groups excluding carboxylic acids is 2. The van der Waals surface area contributed by atoms with Gasteiger partial charge >= 0.3 is 0 Å². The molecule has 2 heterocycles. The highest BCUT2D eigenvalue weighted by atomic mass is 16.5. The lowest BCUT2D eigenvalue weighted by Crippen LogP contribution is -2.46. The van der Waals surface area contributed by atoms with Gasteiger partial charge in [0.15, 0.2) is 0 Å². The normalized spacial score (nSPS) is 16.2. The maximum Gasteiger partial charge on any atom is 0.243 e. The molecular weight excluding hydrogens is 356 g/mol. The van der Waals surface area contributed by atoms with Crippen molar-refractivity contribution in [3.63, 3.8) is 0 Å². The monoisotopic (exact) mass is 384 g/mol. The molecule has 0 bridgehead atoms. The number of benzene rings is 1. The molecule has 3 rings (SSSR count). The maximum absolute atomic E-state index is 12.8. The van der Waals surface area contributed by atoms with E-state index in [2.05, 4.69) is 10.4 Å². The van der Waals surface area contributed by atoms with Gasteiger partial charge in [-0.15, -0.1) is 0 Å². The second-order valence-electron chi connectivity index (χ2n) is 7.04. The number of nitrogens with zero attached hydrogens (tertiary/aromatic N) is 3. The minimum absolute atomic E-state index is 0.00273. The highest BCUT2D eigenvalue weighted by Crippen LogP contribution is 2.23. The third-order valence-corrected chi connectivity index (χ3v) is 5.21. The Labute approximate surface area is 165 Å². The van der Waals surface area contributed by atoms with Gasteiger partial charge in [0, 0.05) is 13.6 Å². The second-order valence-corrected chi connectivity index (χ2v) is 7.04. The summed E-state index contributed by atoms with van der Waals surface area (Å²) in [6.45, 7) is 2.99. The molecule has 1 aromatic heterocycles. The molecule has 2 amide bonds. The molecule has 1 fully saturated rings. The smallest absolute Gasteiger partial charge is 0.243 e. The van der Waals surface area contributed by atoms with Gasteiger partial charge in [0.1, 0.15) is 6.04 Å². The van der Waals surface area contributed by atoms with Gasteiger partial charge < -0.3 is 15.0 Å². The van der Waals surface area contributed by atoms with Crippen LogP contribution in [0.4, 0.5) is 0 Å². The molecule has 0 aliphatic carbocycles. The molecular formula is C21H28N4O3. The lowest BCUT2D eigenvalue weighted by Gasteiger charge is -2.24. The molecule has 150 valence electrons. The van der Waals surface area contributed by atoms with Crippen molar-refractivity contribution in [3.05, 3.63) is 47.2 Å². The number of rotatable bonds is 7. The van der Waals surface area contributed by atoms with Crippen molar-refractivity contribution in [3.8, 4) is 5.88 Å². The maximum atomic E-state index is 12.8. The SMILES string of the molecule is CCc1nn(C)c(OC)c1CNC(=O)C1CCCN1C(=O)Cc1ccccc1. The van der Waals surface area contributed by atoms with E-state index in [9.17, 15) is 9.59 Å². The van der Waals surface area contributed by atoms with Crippen molar-refractivity contribution in [1.82, 2.24) is 20.0 Å². The molecule has 7 heteroatoms. The molecule has 1 aliphatic heterocycles. The fourth-order valence-corrected chi connectivity index (χ4v) is 3.83. The van der Waals surface area contributed by atoms with Crippen LogP contribution in [0.1, 0.15) is 36.6 Å². The summed E-state index contributed by atoms with van der Waals surface area (Å²) in [6, 6.07) is 9.22. The number of aryl methyl sites for hydroxylation is 2. The Morgan fingerprint density at radius 2 is 2.04 bits per heavy atom. The van der Waals surface area contributed by atoms with Crippen LogP contribution in [0.2, 0.25) is 0 Å². The largest absolute Gasteiger partial charge is 0.481 e. The summed E-state index contributed by atoms with van der Waals surface area (Å²) >= 11 is 0. The summed E-state index contributed by atoms with van der Waals surface area (Å²) in [5.41, 5.74) is 2.76. The predicted octanol–water partition coefficient (Wildman–Crippen LogP) is 1.84. The van der Waals surface area contributed by atoms with Crippen molar-refractivity contribution in [2.45, 2.75) is 45.2 Å². The van der Waals surface area contributed by atoms with E-state index >= 15 is 0 Å². The Balaban J connectivity index is 1.64. The molecule has 0 saturated carbocycles. The Kier molecular flexibility index (Phi) is 6.34. The van der Waals surface area contributed by atoms with Gasteiger partial charge in [0.2, 0.25) is 17.7 Å². The van der Waals surface area contributed by atoms with Crippen molar-refractivity contribution < 1.29 is 14.3 Å². The zero-order valence-corrected chi connectivity index (χ0v) is 16.8.